The number of fused-ring (bicyclic) bond motifs is 1. The summed E-state index contributed by atoms with van der Waals surface area (Å²) in [5, 5.41) is 11.1. The minimum absolute atomic E-state index is 0.359. The fourth-order valence-electron chi connectivity index (χ4n) is 2.33. The van der Waals surface area contributed by atoms with E-state index in [1.54, 1.807) is 23.5 Å². The van der Waals surface area contributed by atoms with Crippen LogP contribution in [0.3, 0.4) is 0 Å². The Morgan fingerprint density at radius 2 is 2.17 bits per heavy atom. The van der Waals surface area contributed by atoms with Gasteiger partial charge in [0.05, 0.1) is 5.56 Å². The number of aryl methyl sites for hydroxylation is 1. The average molecular weight is 256 g/mol. The number of allylic oxidation sites excluding steroid dienone is 1. The van der Waals surface area contributed by atoms with Crippen molar-refractivity contribution < 1.29 is 9.90 Å². The third-order valence-corrected chi connectivity index (χ3v) is 4.10. The fraction of sp³-hybridized carbons (Fsp3) is 0.133. The zero-order chi connectivity index (χ0) is 12.5. The Hall–Kier alpha value is -1.87. The molecule has 1 aromatic carbocycles. The molecule has 2 aromatic rings. The largest absolute Gasteiger partial charge is 0.478 e. The predicted octanol–water partition coefficient (Wildman–Crippen LogP) is 3.82. The van der Waals surface area contributed by atoms with E-state index in [1.807, 2.05) is 17.5 Å². The Labute approximate surface area is 109 Å². The van der Waals surface area contributed by atoms with Crippen molar-refractivity contribution in [2.75, 3.05) is 0 Å². The number of hydrogen-bond donors (Lipinski definition) is 1. The molecule has 3 heteroatoms. The van der Waals surface area contributed by atoms with Crippen LogP contribution in [0.15, 0.2) is 41.8 Å². The smallest absolute Gasteiger partial charge is 0.335 e. The lowest BCUT2D eigenvalue weighted by Gasteiger charge is -2.17. The molecule has 0 unspecified atom stereocenters. The van der Waals surface area contributed by atoms with Crippen molar-refractivity contribution in [1.29, 1.82) is 0 Å². The standard InChI is InChI=1S/C15H12O2S/c16-15(17)11-7-6-10-3-1-4-12(13(10)9-11)14-5-2-8-18-14/h2,4-9H,1,3H2,(H,16,17). The minimum atomic E-state index is -0.867. The van der Waals surface area contributed by atoms with Gasteiger partial charge in [-0.05, 0) is 53.1 Å². The fourth-order valence-corrected chi connectivity index (χ4v) is 3.11. The van der Waals surface area contributed by atoms with E-state index in [1.165, 1.54) is 16.0 Å². The second-order valence-electron chi connectivity index (χ2n) is 4.31. The lowest BCUT2D eigenvalue weighted by Crippen LogP contribution is -2.04. The Balaban J connectivity index is 2.14. The number of carboxylic acid groups (broad SMARTS) is 1. The van der Waals surface area contributed by atoms with Gasteiger partial charge in [0.25, 0.3) is 0 Å². The summed E-state index contributed by atoms with van der Waals surface area (Å²) in [5.74, 6) is -0.867. The van der Waals surface area contributed by atoms with Crippen molar-refractivity contribution in [3.63, 3.8) is 0 Å². The third-order valence-electron chi connectivity index (χ3n) is 3.20. The van der Waals surface area contributed by atoms with Crippen LogP contribution in [-0.4, -0.2) is 11.1 Å². The van der Waals surface area contributed by atoms with Crippen molar-refractivity contribution in [2.24, 2.45) is 0 Å². The molecule has 0 bridgehead atoms. The summed E-state index contributed by atoms with van der Waals surface area (Å²) in [4.78, 5) is 12.3. The molecule has 1 heterocycles. The monoisotopic (exact) mass is 256 g/mol. The summed E-state index contributed by atoms with van der Waals surface area (Å²) >= 11 is 1.69. The summed E-state index contributed by atoms with van der Waals surface area (Å²) in [5.41, 5.74) is 3.85. The molecule has 18 heavy (non-hydrogen) atoms. The summed E-state index contributed by atoms with van der Waals surface area (Å²) in [7, 11) is 0. The van der Waals surface area contributed by atoms with Gasteiger partial charge in [0.2, 0.25) is 0 Å². The summed E-state index contributed by atoms with van der Waals surface area (Å²) in [6, 6.07) is 9.54. The van der Waals surface area contributed by atoms with E-state index in [0.717, 1.165) is 18.4 Å². The molecule has 3 rings (SSSR count). The van der Waals surface area contributed by atoms with Gasteiger partial charge >= 0.3 is 5.97 Å². The zero-order valence-corrected chi connectivity index (χ0v) is 10.5. The Morgan fingerprint density at radius 1 is 1.28 bits per heavy atom. The first-order valence-corrected chi connectivity index (χ1v) is 6.74. The lowest BCUT2D eigenvalue weighted by atomic mass is 9.89. The summed E-state index contributed by atoms with van der Waals surface area (Å²) in [6.07, 6.45) is 4.22. The molecule has 2 nitrogen and oxygen atoms in total. The number of hydrogen-bond acceptors (Lipinski definition) is 2. The first-order chi connectivity index (χ1) is 8.75. The zero-order valence-electron chi connectivity index (χ0n) is 9.72. The molecule has 0 aliphatic heterocycles. The number of carbonyl (C=O) groups is 1. The van der Waals surface area contributed by atoms with E-state index in [9.17, 15) is 4.79 Å². The summed E-state index contributed by atoms with van der Waals surface area (Å²) in [6.45, 7) is 0. The van der Waals surface area contributed by atoms with Crippen LogP contribution in [-0.2, 0) is 6.42 Å². The van der Waals surface area contributed by atoms with Crippen LogP contribution < -0.4 is 0 Å². The van der Waals surface area contributed by atoms with Gasteiger partial charge in [-0.3, -0.25) is 0 Å². The van der Waals surface area contributed by atoms with Crippen LogP contribution in [0.5, 0.6) is 0 Å². The SMILES string of the molecule is O=C(O)c1ccc2c(c1)C(c1cccs1)=CCC2. The van der Waals surface area contributed by atoms with Crippen LogP contribution in [0.4, 0.5) is 0 Å². The van der Waals surface area contributed by atoms with Crippen molar-refractivity contribution >= 4 is 22.9 Å². The van der Waals surface area contributed by atoms with Crippen LogP contribution in [0.2, 0.25) is 0 Å². The molecule has 1 N–H and O–H groups in total. The van der Waals surface area contributed by atoms with Crippen molar-refractivity contribution in [1.82, 2.24) is 0 Å². The molecule has 1 aliphatic carbocycles. The van der Waals surface area contributed by atoms with Gasteiger partial charge in [0.1, 0.15) is 0 Å². The van der Waals surface area contributed by atoms with Gasteiger partial charge in [-0.25, -0.2) is 4.79 Å². The molecule has 0 spiro atoms. The maximum absolute atomic E-state index is 11.1. The van der Waals surface area contributed by atoms with E-state index in [4.69, 9.17) is 5.11 Å². The first-order valence-electron chi connectivity index (χ1n) is 5.86. The predicted molar refractivity (Wildman–Crippen MR) is 73.1 cm³/mol. The highest BCUT2D eigenvalue weighted by Gasteiger charge is 2.16. The molecular weight excluding hydrogens is 244 g/mol. The van der Waals surface area contributed by atoms with Crippen LogP contribution in [0.1, 0.15) is 32.8 Å². The van der Waals surface area contributed by atoms with E-state index in [0.29, 0.717) is 5.56 Å². The number of carboxylic acids is 1. The Morgan fingerprint density at radius 3 is 2.89 bits per heavy atom. The van der Waals surface area contributed by atoms with E-state index in [2.05, 4.69) is 12.1 Å². The van der Waals surface area contributed by atoms with Gasteiger partial charge < -0.3 is 5.11 Å². The maximum atomic E-state index is 11.1. The highest BCUT2D eigenvalue weighted by molar-refractivity contribution is 7.11. The van der Waals surface area contributed by atoms with E-state index >= 15 is 0 Å². The maximum Gasteiger partial charge on any atom is 0.335 e. The Bertz CT molecular complexity index is 624. The van der Waals surface area contributed by atoms with Gasteiger partial charge in [0.15, 0.2) is 0 Å². The molecule has 0 atom stereocenters. The minimum Gasteiger partial charge on any atom is -0.478 e. The molecule has 1 aliphatic rings. The highest BCUT2D eigenvalue weighted by Crippen LogP contribution is 2.34. The third kappa shape index (κ3) is 1.87. The molecule has 0 radical (unpaired) electrons. The van der Waals surface area contributed by atoms with Crippen molar-refractivity contribution in [3.8, 4) is 0 Å². The quantitative estimate of drug-likeness (QED) is 0.886. The van der Waals surface area contributed by atoms with Crippen LogP contribution in [0.25, 0.3) is 5.57 Å². The summed E-state index contributed by atoms with van der Waals surface area (Å²) < 4.78 is 0. The molecule has 0 amide bonds. The Kier molecular flexibility index (Phi) is 2.76. The number of rotatable bonds is 2. The van der Waals surface area contributed by atoms with Gasteiger partial charge in [-0.15, -0.1) is 11.3 Å². The van der Waals surface area contributed by atoms with E-state index < -0.39 is 5.97 Å². The molecule has 0 fully saturated rings. The topological polar surface area (TPSA) is 37.3 Å². The first kappa shape index (κ1) is 11.2. The molecule has 0 saturated carbocycles. The number of aromatic carboxylic acids is 1. The van der Waals surface area contributed by atoms with Crippen LogP contribution >= 0.6 is 11.3 Å². The molecule has 90 valence electrons. The van der Waals surface area contributed by atoms with Gasteiger partial charge in [0, 0.05) is 4.88 Å². The second-order valence-corrected chi connectivity index (χ2v) is 5.26. The number of thiophene rings is 1. The molecule has 1 aromatic heterocycles. The highest BCUT2D eigenvalue weighted by atomic mass is 32.1. The average Bonchev–Trinajstić information content (AvgIpc) is 2.91. The normalized spacial score (nSPS) is 13.9. The van der Waals surface area contributed by atoms with Crippen molar-refractivity contribution in [3.05, 3.63) is 63.4 Å². The number of benzene rings is 1. The van der Waals surface area contributed by atoms with Gasteiger partial charge in [-0.2, -0.15) is 0 Å². The van der Waals surface area contributed by atoms with Gasteiger partial charge in [-0.1, -0.05) is 18.2 Å². The van der Waals surface area contributed by atoms with Crippen LogP contribution in [0, 0.1) is 0 Å². The second kappa shape index (κ2) is 4.42. The lowest BCUT2D eigenvalue weighted by molar-refractivity contribution is 0.0697. The van der Waals surface area contributed by atoms with Crippen molar-refractivity contribution in [2.45, 2.75) is 12.8 Å². The van der Waals surface area contributed by atoms with E-state index in [-0.39, 0.29) is 0 Å². The molecular formula is C15H12O2S. The molecule has 0 saturated heterocycles.